The molecule has 2 N–H and O–H groups in total. The summed E-state index contributed by atoms with van der Waals surface area (Å²) in [7, 11) is 0. The summed E-state index contributed by atoms with van der Waals surface area (Å²) >= 11 is 0. The number of ketones is 1. The van der Waals surface area contributed by atoms with Gasteiger partial charge in [0, 0.05) is 12.8 Å². The quantitative estimate of drug-likeness (QED) is 0.829. The third-order valence-corrected chi connectivity index (χ3v) is 4.24. The van der Waals surface area contributed by atoms with E-state index in [9.17, 15) is 19.8 Å². The fourth-order valence-corrected chi connectivity index (χ4v) is 3.07. The summed E-state index contributed by atoms with van der Waals surface area (Å²) in [5.41, 5.74) is -2.14. The average molecular weight is 276 g/mol. The predicted molar refractivity (Wildman–Crippen MR) is 74.2 cm³/mol. The van der Waals surface area contributed by atoms with Crippen LogP contribution in [0.1, 0.15) is 44.6 Å². The van der Waals surface area contributed by atoms with Gasteiger partial charge in [-0.15, -0.1) is 0 Å². The van der Waals surface area contributed by atoms with Gasteiger partial charge in [0.25, 0.3) is 0 Å². The second kappa shape index (κ2) is 5.37. The maximum absolute atomic E-state index is 12.2. The van der Waals surface area contributed by atoms with Crippen LogP contribution >= 0.6 is 0 Å². The molecule has 4 nitrogen and oxygen atoms in total. The summed E-state index contributed by atoms with van der Waals surface area (Å²) in [6, 6.07) is 8.92. The molecule has 1 saturated carbocycles. The minimum Gasteiger partial charge on any atom is -0.480 e. The standard InChI is InChI=1S/C16H20O4/c1-15(20,12-7-3-2-4-8-12)11-16(14(18)19)10-6-5-9-13(16)17/h2-4,7-8,20H,5-6,9-11H2,1H3,(H,18,19). The number of benzene rings is 1. The van der Waals surface area contributed by atoms with Gasteiger partial charge >= 0.3 is 5.97 Å². The number of carboxylic acid groups (broad SMARTS) is 1. The van der Waals surface area contributed by atoms with Gasteiger partial charge in [-0.2, -0.15) is 0 Å². The summed E-state index contributed by atoms with van der Waals surface area (Å²) in [6.07, 6.45) is 1.98. The van der Waals surface area contributed by atoms with Crippen molar-refractivity contribution in [1.82, 2.24) is 0 Å². The second-order valence-electron chi connectivity index (χ2n) is 5.83. The third kappa shape index (κ3) is 2.61. The van der Waals surface area contributed by atoms with Crippen molar-refractivity contribution < 1.29 is 19.8 Å². The molecule has 0 aromatic heterocycles. The van der Waals surface area contributed by atoms with Crippen molar-refractivity contribution in [3.63, 3.8) is 0 Å². The predicted octanol–water partition coefficient (Wildman–Crippen LogP) is 2.50. The Balaban J connectivity index is 2.33. The Morgan fingerprint density at radius 2 is 1.95 bits per heavy atom. The van der Waals surface area contributed by atoms with Gasteiger partial charge < -0.3 is 10.2 Å². The zero-order chi connectivity index (χ0) is 14.8. The highest BCUT2D eigenvalue weighted by Crippen LogP contribution is 2.43. The molecule has 0 saturated heterocycles. The lowest BCUT2D eigenvalue weighted by Gasteiger charge is -2.37. The van der Waals surface area contributed by atoms with Crippen LogP contribution in [0.5, 0.6) is 0 Å². The van der Waals surface area contributed by atoms with E-state index < -0.39 is 17.0 Å². The Labute approximate surface area is 118 Å². The monoisotopic (exact) mass is 276 g/mol. The molecule has 108 valence electrons. The van der Waals surface area contributed by atoms with Crippen molar-refractivity contribution in [3.8, 4) is 0 Å². The van der Waals surface area contributed by atoms with E-state index in [-0.39, 0.29) is 18.6 Å². The van der Waals surface area contributed by atoms with Gasteiger partial charge in [0.1, 0.15) is 11.2 Å². The summed E-state index contributed by atoms with van der Waals surface area (Å²) in [5, 5.41) is 20.2. The topological polar surface area (TPSA) is 74.6 Å². The van der Waals surface area contributed by atoms with E-state index in [2.05, 4.69) is 0 Å². The Bertz CT molecular complexity index is 506. The van der Waals surface area contributed by atoms with Gasteiger partial charge in [-0.1, -0.05) is 36.8 Å². The molecule has 1 fully saturated rings. The first-order chi connectivity index (χ1) is 9.38. The number of Topliss-reactive ketones (excluding diaryl/α,β-unsaturated/α-hetero) is 1. The molecule has 0 heterocycles. The van der Waals surface area contributed by atoms with Crippen LogP contribution < -0.4 is 0 Å². The maximum Gasteiger partial charge on any atom is 0.317 e. The molecule has 4 heteroatoms. The Morgan fingerprint density at radius 1 is 1.30 bits per heavy atom. The van der Waals surface area contributed by atoms with Crippen molar-refractivity contribution in [3.05, 3.63) is 35.9 Å². The Kier molecular flexibility index (Phi) is 3.95. The SMILES string of the molecule is CC(O)(CC1(C(=O)O)CCCCC1=O)c1ccccc1. The van der Waals surface area contributed by atoms with E-state index in [1.165, 1.54) is 0 Å². The first-order valence-corrected chi connectivity index (χ1v) is 6.93. The minimum absolute atomic E-state index is 0.0713. The molecule has 2 rings (SSSR count). The molecular weight excluding hydrogens is 256 g/mol. The van der Waals surface area contributed by atoms with Crippen LogP contribution in [0.4, 0.5) is 0 Å². The largest absolute Gasteiger partial charge is 0.480 e. The van der Waals surface area contributed by atoms with Crippen molar-refractivity contribution in [2.24, 2.45) is 5.41 Å². The zero-order valence-electron chi connectivity index (χ0n) is 11.6. The third-order valence-electron chi connectivity index (χ3n) is 4.24. The number of carbonyl (C=O) groups excluding carboxylic acids is 1. The number of aliphatic carboxylic acids is 1. The molecule has 1 aromatic carbocycles. The Hall–Kier alpha value is -1.68. The summed E-state index contributed by atoms with van der Waals surface area (Å²) < 4.78 is 0. The van der Waals surface area contributed by atoms with Crippen molar-refractivity contribution in [2.75, 3.05) is 0 Å². The smallest absolute Gasteiger partial charge is 0.317 e. The fraction of sp³-hybridized carbons (Fsp3) is 0.500. The molecule has 0 amide bonds. The van der Waals surface area contributed by atoms with Crippen molar-refractivity contribution in [2.45, 2.75) is 44.6 Å². The molecule has 2 unspecified atom stereocenters. The van der Waals surface area contributed by atoms with Crippen LogP contribution in [-0.4, -0.2) is 22.0 Å². The van der Waals surface area contributed by atoms with E-state index in [0.29, 0.717) is 18.4 Å². The Morgan fingerprint density at radius 3 is 2.50 bits per heavy atom. The summed E-state index contributed by atoms with van der Waals surface area (Å²) in [5.74, 6) is -1.37. The van der Waals surface area contributed by atoms with Crippen LogP contribution in [-0.2, 0) is 15.2 Å². The van der Waals surface area contributed by atoms with Gasteiger partial charge in [-0.05, 0) is 25.3 Å². The molecule has 2 atom stereocenters. The van der Waals surface area contributed by atoms with E-state index in [1.807, 2.05) is 6.07 Å². The molecule has 0 radical (unpaired) electrons. The zero-order valence-corrected chi connectivity index (χ0v) is 11.6. The van der Waals surface area contributed by atoms with E-state index in [0.717, 1.165) is 6.42 Å². The minimum atomic E-state index is -1.45. The van der Waals surface area contributed by atoms with Crippen molar-refractivity contribution >= 4 is 11.8 Å². The van der Waals surface area contributed by atoms with Crippen LogP contribution in [0.25, 0.3) is 0 Å². The number of rotatable bonds is 4. The van der Waals surface area contributed by atoms with Crippen LogP contribution in [0.15, 0.2) is 30.3 Å². The van der Waals surface area contributed by atoms with Gasteiger partial charge in [-0.25, -0.2) is 0 Å². The number of hydrogen-bond donors (Lipinski definition) is 2. The van der Waals surface area contributed by atoms with Crippen LogP contribution in [0.2, 0.25) is 0 Å². The molecule has 0 bridgehead atoms. The lowest BCUT2D eigenvalue weighted by atomic mass is 9.66. The molecule has 1 aliphatic carbocycles. The van der Waals surface area contributed by atoms with E-state index in [4.69, 9.17) is 0 Å². The lowest BCUT2D eigenvalue weighted by Crippen LogP contribution is -2.46. The summed E-state index contributed by atoms with van der Waals surface area (Å²) in [4.78, 5) is 23.8. The highest BCUT2D eigenvalue weighted by atomic mass is 16.4. The van der Waals surface area contributed by atoms with Gasteiger partial charge in [0.2, 0.25) is 0 Å². The fourth-order valence-electron chi connectivity index (χ4n) is 3.07. The van der Waals surface area contributed by atoms with Crippen LogP contribution in [0.3, 0.4) is 0 Å². The highest BCUT2D eigenvalue weighted by molar-refractivity contribution is 6.03. The normalized spacial score (nSPS) is 26.0. The molecule has 1 aromatic rings. The maximum atomic E-state index is 12.2. The second-order valence-corrected chi connectivity index (χ2v) is 5.83. The van der Waals surface area contributed by atoms with Crippen LogP contribution in [0, 0.1) is 5.41 Å². The van der Waals surface area contributed by atoms with E-state index in [1.54, 1.807) is 31.2 Å². The molecule has 0 aliphatic heterocycles. The van der Waals surface area contributed by atoms with Crippen molar-refractivity contribution in [1.29, 1.82) is 0 Å². The number of aliphatic hydroxyl groups is 1. The molecular formula is C16H20O4. The first kappa shape index (κ1) is 14.7. The summed E-state index contributed by atoms with van der Waals surface area (Å²) in [6.45, 7) is 1.58. The number of carboxylic acids is 1. The average Bonchev–Trinajstić information content (AvgIpc) is 2.42. The molecule has 1 aliphatic rings. The lowest BCUT2D eigenvalue weighted by molar-refractivity contribution is -0.162. The molecule has 20 heavy (non-hydrogen) atoms. The van der Waals surface area contributed by atoms with E-state index >= 15 is 0 Å². The highest BCUT2D eigenvalue weighted by Gasteiger charge is 2.50. The van der Waals surface area contributed by atoms with Gasteiger partial charge in [0.05, 0.1) is 5.60 Å². The van der Waals surface area contributed by atoms with Gasteiger partial charge in [-0.3, -0.25) is 9.59 Å². The number of carbonyl (C=O) groups is 2. The van der Waals surface area contributed by atoms with Gasteiger partial charge in [0.15, 0.2) is 0 Å². The molecule has 0 spiro atoms. The number of hydrogen-bond acceptors (Lipinski definition) is 3. The first-order valence-electron chi connectivity index (χ1n) is 6.93.